The Balaban J connectivity index is 2.55. The molecule has 0 saturated heterocycles. The second-order valence-corrected chi connectivity index (χ2v) is 4.15. The first-order valence-electron chi connectivity index (χ1n) is 5.10. The molecule has 0 aliphatic carbocycles. The maximum absolute atomic E-state index is 10.7. The van der Waals surface area contributed by atoms with Gasteiger partial charge in [0.1, 0.15) is 0 Å². The smallest absolute Gasteiger partial charge is 0.305 e. The topological polar surface area (TPSA) is 76.2 Å². The second-order valence-electron chi connectivity index (χ2n) is 3.74. The van der Waals surface area contributed by atoms with Crippen LogP contribution >= 0.6 is 11.6 Å². The minimum atomic E-state index is -0.934. The lowest BCUT2D eigenvalue weighted by Gasteiger charge is -2.12. The van der Waals surface area contributed by atoms with Crippen molar-refractivity contribution in [1.82, 2.24) is 4.98 Å². The molecule has 2 rings (SSSR count). The molecule has 0 aliphatic heterocycles. The average molecular weight is 251 g/mol. The van der Waals surface area contributed by atoms with Gasteiger partial charge in [-0.3, -0.25) is 9.78 Å². The van der Waals surface area contributed by atoms with Crippen LogP contribution in [0.25, 0.3) is 10.9 Å². The lowest BCUT2D eigenvalue weighted by molar-refractivity contribution is -0.137. The van der Waals surface area contributed by atoms with E-state index in [9.17, 15) is 4.79 Å². The van der Waals surface area contributed by atoms with Crippen LogP contribution in [-0.4, -0.2) is 16.1 Å². The largest absolute Gasteiger partial charge is 0.481 e. The highest BCUT2D eigenvalue weighted by atomic mass is 35.5. The van der Waals surface area contributed by atoms with Crippen LogP contribution in [-0.2, 0) is 4.79 Å². The van der Waals surface area contributed by atoms with E-state index in [0.717, 1.165) is 5.39 Å². The lowest BCUT2D eigenvalue weighted by Crippen LogP contribution is -2.15. The number of benzene rings is 1. The summed E-state index contributed by atoms with van der Waals surface area (Å²) in [7, 11) is 0. The molecular formula is C12H11ClN2O2. The Labute approximate surface area is 103 Å². The Kier molecular flexibility index (Phi) is 3.26. The molecule has 5 heteroatoms. The second kappa shape index (κ2) is 4.69. The summed E-state index contributed by atoms with van der Waals surface area (Å²) in [5.41, 5.74) is 7.21. The zero-order valence-electron chi connectivity index (χ0n) is 8.93. The molecule has 0 bridgehead atoms. The van der Waals surface area contributed by atoms with Crippen LogP contribution in [0.1, 0.15) is 18.0 Å². The van der Waals surface area contributed by atoms with Crippen LogP contribution in [0.3, 0.4) is 0 Å². The predicted octanol–water partition coefficient (Wildman–Crippen LogP) is 2.36. The number of halogens is 1. The van der Waals surface area contributed by atoms with Gasteiger partial charge in [0.25, 0.3) is 0 Å². The number of aliphatic carboxylic acids is 1. The van der Waals surface area contributed by atoms with E-state index in [1.54, 1.807) is 24.4 Å². The number of nitrogens with two attached hydrogens (primary N) is 1. The minimum absolute atomic E-state index is 0.132. The van der Waals surface area contributed by atoms with Gasteiger partial charge in [0.2, 0.25) is 0 Å². The SMILES string of the molecule is N[C@@H](CC(=O)O)c1ccc(Cl)c2cccnc12. The van der Waals surface area contributed by atoms with Gasteiger partial charge in [0, 0.05) is 22.6 Å². The van der Waals surface area contributed by atoms with Crippen molar-refractivity contribution in [3.63, 3.8) is 0 Å². The molecule has 0 unspecified atom stereocenters. The highest BCUT2D eigenvalue weighted by Gasteiger charge is 2.15. The Hall–Kier alpha value is -1.65. The molecular weight excluding hydrogens is 240 g/mol. The highest BCUT2D eigenvalue weighted by Crippen LogP contribution is 2.28. The molecule has 0 amide bonds. The first-order chi connectivity index (χ1) is 8.09. The number of rotatable bonds is 3. The number of aromatic nitrogens is 1. The number of carboxylic acids is 1. The predicted molar refractivity (Wildman–Crippen MR) is 65.9 cm³/mol. The van der Waals surface area contributed by atoms with Crippen LogP contribution in [0.15, 0.2) is 30.5 Å². The maximum atomic E-state index is 10.7. The summed E-state index contributed by atoms with van der Waals surface area (Å²) in [5, 5.41) is 10.1. The number of fused-ring (bicyclic) bond motifs is 1. The van der Waals surface area contributed by atoms with Gasteiger partial charge in [-0.15, -0.1) is 0 Å². The summed E-state index contributed by atoms with van der Waals surface area (Å²) in [6, 6.07) is 6.47. The van der Waals surface area contributed by atoms with Crippen molar-refractivity contribution in [2.45, 2.75) is 12.5 Å². The Morgan fingerprint density at radius 1 is 1.47 bits per heavy atom. The normalized spacial score (nSPS) is 12.6. The molecule has 17 heavy (non-hydrogen) atoms. The van der Waals surface area contributed by atoms with Gasteiger partial charge in [0.05, 0.1) is 11.9 Å². The van der Waals surface area contributed by atoms with Crippen LogP contribution < -0.4 is 5.73 Å². The van der Waals surface area contributed by atoms with Gasteiger partial charge in [-0.2, -0.15) is 0 Å². The first kappa shape index (κ1) is 11.8. The van der Waals surface area contributed by atoms with E-state index < -0.39 is 12.0 Å². The van der Waals surface area contributed by atoms with Crippen molar-refractivity contribution < 1.29 is 9.90 Å². The van der Waals surface area contributed by atoms with Crippen LogP contribution in [0.4, 0.5) is 0 Å². The molecule has 0 aliphatic rings. The summed E-state index contributed by atoms with van der Waals surface area (Å²) >= 11 is 6.04. The van der Waals surface area contributed by atoms with E-state index in [4.69, 9.17) is 22.4 Å². The summed E-state index contributed by atoms with van der Waals surface area (Å²) in [5.74, 6) is -0.934. The van der Waals surface area contributed by atoms with Gasteiger partial charge in [0.15, 0.2) is 0 Å². The molecule has 0 spiro atoms. The number of pyridine rings is 1. The van der Waals surface area contributed by atoms with Gasteiger partial charge in [-0.05, 0) is 23.8 Å². The van der Waals surface area contributed by atoms with Gasteiger partial charge in [-0.25, -0.2) is 0 Å². The molecule has 2 aromatic rings. The molecule has 1 atom stereocenters. The van der Waals surface area contributed by atoms with Crippen LogP contribution in [0, 0.1) is 0 Å². The van der Waals surface area contributed by atoms with E-state index in [1.165, 1.54) is 0 Å². The maximum Gasteiger partial charge on any atom is 0.305 e. The first-order valence-corrected chi connectivity index (χ1v) is 5.48. The van der Waals surface area contributed by atoms with E-state index in [0.29, 0.717) is 16.1 Å². The molecule has 3 N–H and O–H groups in total. The summed E-state index contributed by atoms with van der Waals surface area (Å²) in [6.07, 6.45) is 1.50. The Morgan fingerprint density at radius 2 is 2.24 bits per heavy atom. The van der Waals surface area contributed by atoms with E-state index in [2.05, 4.69) is 4.98 Å². The Bertz CT molecular complexity index is 571. The number of hydrogen-bond donors (Lipinski definition) is 2. The zero-order chi connectivity index (χ0) is 12.4. The molecule has 88 valence electrons. The van der Waals surface area contributed by atoms with Gasteiger partial charge >= 0.3 is 5.97 Å². The minimum Gasteiger partial charge on any atom is -0.481 e. The molecule has 1 aromatic heterocycles. The number of hydrogen-bond acceptors (Lipinski definition) is 3. The van der Waals surface area contributed by atoms with Crippen molar-refractivity contribution in [2.75, 3.05) is 0 Å². The zero-order valence-corrected chi connectivity index (χ0v) is 9.69. The third kappa shape index (κ3) is 2.38. The van der Waals surface area contributed by atoms with Gasteiger partial charge in [-0.1, -0.05) is 17.7 Å². The third-order valence-corrected chi connectivity index (χ3v) is 2.87. The van der Waals surface area contributed by atoms with Crippen molar-refractivity contribution in [3.8, 4) is 0 Å². The number of carboxylic acid groups (broad SMARTS) is 1. The fourth-order valence-corrected chi connectivity index (χ4v) is 1.97. The number of carbonyl (C=O) groups is 1. The van der Waals surface area contributed by atoms with Crippen LogP contribution in [0.2, 0.25) is 5.02 Å². The molecule has 1 heterocycles. The van der Waals surface area contributed by atoms with E-state index in [1.807, 2.05) is 6.07 Å². The number of nitrogens with zero attached hydrogens (tertiary/aromatic N) is 1. The molecule has 1 aromatic carbocycles. The highest BCUT2D eigenvalue weighted by molar-refractivity contribution is 6.35. The molecule has 4 nitrogen and oxygen atoms in total. The van der Waals surface area contributed by atoms with Crippen LogP contribution in [0.5, 0.6) is 0 Å². The molecule has 0 fully saturated rings. The quantitative estimate of drug-likeness (QED) is 0.877. The Morgan fingerprint density at radius 3 is 2.94 bits per heavy atom. The van der Waals surface area contributed by atoms with Gasteiger partial charge < -0.3 is 10.8 Å². The summed E-state index contributed by atoms with van der Waals surface area (Å²) < 4.78 is 0. The fraction of sp³-hybridized carbons (Fsp3) is 0.167. The van der Waals surface area contributed by atoms with Crippen molar-refractivity contribution >= 4 is 28.5 Å². The summed E-state index contributed by atoms with van der Waals surface area (Å²) in [6.45, 7) is 0. The molecule has 0 radical (unpaired) electrons. The van der Waals surface area contributed by atoms with E-state index >= 15 is 0 Å². The van der Waals surface area contributed by atoms with E-state index in [-0.39, 0.29) is 6.42 Å². The summed E-state index contributed by atoms with van der Waals surface area (Å²) in [4.78, 5) is 14.9. The molecule has 0 saturated carbocycles. The monoisotopic (exact) mass is 250 g/mol. The standard InChI is InChI=1S/C12H11ClN2O2/c13-9-4-3-8(10(14)6-11(16)17)12-7(9)2-1-5-15-12/h1-5,10H,6,14H2,(H,16,17)/t10-/m0/s1. The third-order valence-electron chi connectivity index (χ3n) is 2.54. The lowest BCUT2D eigenvalue weighted by atomic mass is 10.0. The van der Waals surface area contributed by atoms with Crippen molar-refractivity contribution in [1.29, 1.82) is 0 Å². The fourth-order valence-electron chi connectivity index (χ4n) is 1.76. The van der Waals surface area contributed by atoms with Crippen molar-refractivity contribution in [3.05, 3.63) is 41.0 Å². The van der Waals surface area contributed by atoms with Crippen molar-refractivity contribution in [2.24, 2.45) is 5.73 Å². The average Bonchev–Trinajstić information content (AvgIpc) is 2.29.